The van der Waals surface area contributed by atoms with E-state index in [0.717, 1.165) is 34.0 Å². The lowest BCUT2D eigenvalue weighted by Crippen LogP contribution is -2.37. The van der Waals surface area contributed by atoms with Gasteiger partial charge in [-0.15, -0.1) is 5.10 Å². The Hall–Kier alpha value is -3.42. The van der Waals surface area contributed by atoms with Crippen LogP contribution in [0, 0.1) is 0 Å². The summed E-state index contributed by atoms with van der Waals surface area (Å²) < 4.78 is 1.71. The van der Waals surface area contributed by atoms with E-state index in [4.69, 9.17) is 5.73 Å². The van der Waals surface area contributed by atoms with Crippen LogP contribution in [0.1, 0.15) is 30.9 Å². The van der Waals surface area contributed by atoms with E-state index in [2.05, 4.69) is 50.4 Å². The van der Waals surface area contributed by atoms with Crippen molar-refractivity contribution >= 4 is 23.4 Å². The molecule has 1 atom stereocenters. The number of rotatable bonds is 4. The van der Waals surface area contributed by atoms with Crippen molar-refractivity contribution in [2.45, 2.75) is 25.8 Å². The molecule has 3 N–H and O–H groups in total. The summed E-state index contributed by atoms with van der Waals surface area (Å²) in [6, 6.07) is 2.02. The summed E-state index contributed by atoms with van der Waals surface area (Å²) in [6.07, 6.45) is 11.7. The molecule has 2 aliphatic rings. The molecule has 2 aromatic rings. The van der Waals surface area contributed by atoms with Crippen molar-refractivity contribution in [3.05, 3.63) is 59.3 Å². The van der Waals surface area contributed by atoms with E-state index in [1.807, 2.05) is 44.7 Å². The van der Waals surface area contributed by atoms with Crippen LogP contribution in [-0.2, 0) is 7.05 Å². The maximum atomic E-state index is 6.04. The molecule has 0 spiro atoms. The highest BCUT2D eigenvalue weighted by molar-refractivity contribution is 6.12. The molecule has 8 heteroatoms. The highest BCUT2D eigenvalue weighted by Crippen LogP contribution is 2.30. The van der Waals surface area contributed by atoms with Gasteiger partial charge in [0.15, 0.2) is 11.6 Å². The van der Waals surface area contributed by atoms with Crippen molar-refractivity contribution in [2.75, 3.05) is 18.1 Å². The van der Waals surface area contributed by atoms with Gasteiger partial charge in [0.1, 0.15) is 5.82 Å². The van der Waals surface area contributed by atoms with Gasteiger partial charge in [0, 0.05) is 37.6 Å². The number of anilines is 2. The number of allylic oxidation sites excluding steroid dienone is 3. The van der Waals surface area contributed by atoms with Crippen molar-refractivity contribution < 1.29 is 0 Å². The largest absolute Gasteiger partial charge is 0.382 e. The number of hydrogen-bond donors (Lipinski definition) is 2. The zero-order valence-electron chi connectivity index (χ0n) is 16.5. The first-order chi connectivity index (χ1) is 13.4. The molecule has 144 valence electrons. The van der Waals surface area contributed by atoms with Crippen LogP contribution in [0.2, 0.25) is 0 Å². The SMILES string of the molecule is CC(C)c1cnnc(NC2=CC=C3N=CC(c4cn(C)nc4N)=CC3N2C)c1. The van der Waals surface area contributed by atoms with Gasteiger partial charge in [-0.25, -0.2) is 0 Å². The van der Waals surface area contributed by atoms with Crippen LogP contribution < -0.4 is 11.1 Å². The number of nitrogens with one attached hydrogen (secondary N) is 1. The minimum atomic E-state index is -0.00616. The predicted octanol–water partition coefficient (Wildman–Crippen LogP) is 2.53. The van der Waals surface area contributed by atoms with Gasteiger partial charge in [0.2, 0.25) is 0 Å². The van der Waals surface area contributed by atoms with Gasteiger partial charge in [0.05, 0.1) is 17.9 Å². The Morgan fingerprint density at radius 2 is 2.04 bits per heavy atom. The molecule has 0 bridgehead atoms. The van der Waals surface area contributed by atoms with Crippen LogP contribution >= 0.6 is 0 Å². The first kappa shape index (κ1) is 18.0. The van der Waals surface area contributed by atoms with Crippen LogP contribution in [0.5, 0.6) is 0 Å². The van der Waals surface area contributed by atoms with Gasteiger partial charge in [-0.05, 0) is 35.8 Å². The van der Waals surface area contributed by atoms with E-state index in [1.54, 1.807) is 10.9 Å². The van der Waals surface area contributed by atoms with E-state index in [-0.39, 0.29) is 6.04 Å². The number of aryl methyl sites for hydroxylation is 1. The fourth-order valence-electron chi connectivity index (χ4n) is 3.31. The zero-order chi connectivity index (χ0) is 19.8. The van der Waals surface area contributed by atoms with Crippen molar-refractivity contribution in [1.82, 2.24) is 24.9 Å². The number of hydrogen-bond acceptors (Lipinski definition) is 7. The maximum absolute atomic E-state index is 6.04. The number of dihydropyridines is 1. The first-order valence-electron chi connectivity index (χ1n) is 9.22. The number of aromatic nitrogens is 4. The van der Waals surface area contributed by atoms with Crippen LogP contribution in [0.25, 0.3) is 5.57 Å². The van der Waals surface area contributed by atoms with E-state index >= 15 is 0 Å². The molecule has 0 radical (unpaired) electrons. The third-order valence-corrected chi connectivity index (χ3v) is 4.97. The average Bonchev–Trinajstić information content (AvgIpc) is 3.02. The molecule has 1 unspecified atom stereocenters. The fourth-order valence-corrected chi connectivity index (χ4v) is 3.31. The summed E-state index contributed by atoms with van der Waals surface area (Å²) in [6.45, 7) is 4.27. The minimum Gasteiger partial charge on any atom is -0.382 e. The van der Waals surface area contributed by atoms with Crippen LogP contribution in [0.4, 0.5) is 11.6 Å². The normalized spacial score (nSPS) is 18.5. The minimum absolute atomic E-state index is 0.00616. The molecular weight excluding hydrogens is 352 g/mol. The fraction of sp³-hybridized carbons (Fsp3) is 0.300. The first-order valence-corrected chi connectivity index (χ1v) is 9.22. The molecule has 4 rings (SSSR count). The number of nitrogens with zero attached hydrogens (tertiary/aromatic N) is 6. The zero-order valence-corrected chi connectivity index (χ0v) is 16.5. The second kappa shape index (κ2) is 6.95. The molecule has 0 aliphatic carbocycles. The molecule has 0 amide bonds. The summed E-state index contributed by atoms with van der Waals surface area (Å²) in [7, 11) is 3.88. The summed E-state index contributed by atoms with van der Waals surface area (Å²) in [5.74, 6) is 2.54. The summed E-state index contributed by atoms with van der Waals surface area (Å²) in [4.78, 5) is 6.75. The van der Waals surface area contributed by atoms with Crippen molar-refractivity contribution in [2.24, 2.45) is 12.0 Å². The number of aliphatic imine (C=N–C) groups is 1. The van der Waals surface area contributed by atoms with Gasteiger partial charge >= 0.3 is 0 Å². The van der Waals surface area contributed by atoms with Crippen LogP contribution in [0.15, 0.2) is 53.2 Å². The van der Waals surface area contributed by atoms with Crippen LogP contribution in [-0.4, -0.2) is 44.2 Å². The summed E-state index contributed by atoms with van der Waals surface area (Å²) in [5.41, 5.74) is 10.0. The Balaban J connectivity index is 1.60. The molecule has 28 heavy (non-hydrogen) atoms. The average molecular weight is 376 g/mol. The molecule has 4 heterocycles. The highest BCUT2D eigenvalue weighted by atomic mass is 15.3. The molecule has 2 aromatic heterocycles. The Labute approximate surface area is 164 Å². The van der Waals surface area contributed by atoms with E-state index in [9.17, 15) is 0 Å². The predicted molar refractivity (Wildman–Crippen MR) is 112 cm³/mol. The summed E-state index contributed by atoms with van der Waals surface area (Å²) >= 11 is 0. The second-order valence-corrected chi connectivity index (χ2v) is 7.33. The van der Waals surface area contributed by atoms with E-state index in [1.165, 1.54) is 0 Å². The smallest absolute Gasteiger partial charge is 0.154 e. The molecule has 0 saturated carbocycles. The van der Waals surface area contributed by atoms with Gasteiger partial charge < -0.3 is 16.0 Å². The number of fused-ring (bicyclic) bond motifs is 1. The van der Waals surface area contributed by atoms with Crippen molar-refractivity contribution in [3.8, 4) is 0 Å². The van der Waals surface area contributed by atoms with E-state index in [0.29, 0.717) is 11.7 Å². The lowest BCUT2D eigenvalue weighted by molar-refractivity contribution is 0.383. The highest BCUT2D eigenvalue weighted by Gasteiger charge is 2.26. The topological polar surface area (TPSA) is 97.2 Å². The number of likely N-dealkylation sites (N-methyl/N-ethyl adjacent to an activating group) is 1. The monoisotopic (exact) mass is 376 g/mol. The Morgan fingerprint density at radius 1 is 1.21 bits per heavy atom. The number of nitrogen functional groups attached to an aromatic ring is 1. The Bertz CT molecular complexity index is 1020. The Morgan fingerprint density at radius 3 is 2.75 bits per heavy atom. The molecular formula is C20H24N8. The molecule has 0 aromatic carbocycles. The molecule has 2 aliphatic heterocycles. The summed E-state index contributed by atoms with van der Waals surface area (Å²) in [5, 5.41) is 15.9. The Kier molecular flexibility index (Phi) is 4.46. The van der Waals surface area contributed by atoms with Gasteiger partial charge in [-0.2, -0.15) is 10.2 Å². The van der Waals surface area contributed by atoms with Crippen LogP contribution in [0.3, 0.4) is 0 Å². The van der Waals surface area contributed by atoms with Crippen molar-refractivity contribution in [3.63, 3.8) is 0 Å². The lowest BCUT2D eigenvalue weighted by atomic mass is 9.99. The lowest BCUT2D eigenvalue weighted by Gasteiger charge is -2.34. The standard InChI is InChI=1S/C20H24N8/c1-12(2)13-8-18(25-23-10-13)24-19-6-5-16-17(28(19)4)7-14(9-22-16)15-11-27(3)26-20(15)21/h5-12,17H,1-4H3,(H2,21,26)(H,24,25). The number of nitrogens with two attached hydrogens (primary N) is 1. The van der Waals surface area contributed by atoms with Gasteiger partial charge in [-0.3, -0.25) is 9.67 Å². The molecule has 8 nitrogen and oxygen atoms in total. The maximum Gasteiger partial charge on any atom is 0.154 e. The van der Waals surface area contributed by atoms with E-state index < -0.39 is 0 Å². The van der Waals surface area contributed by atoms with Gasteiger partial charge in [-0.1, -0.05) is 13.8 Å². The quantitative estimate of drug-likeness (QED) is 0.851. The second-order valence-electron chi connectivity index (χ2n) is 7.33. The third kappa shape index (κ3) is 3.28. The molecule has 0 fully saturated rings. The third-order valence-electron chi connectivity index (χ3n) is 4.97. The van der Waals surface area contributed by atoms with Gasteiger partial charge in [0.25, 0.3) is 0 Å². The molecule has 0 saturated heterocycles. The van der Waals surface area contributed by atoms with Crippen molar-refractivity contribution in [1.29, 1.82) is 0 Å².